The molecule has 0 N–H and O–H groups in total. The lowest BCUT2D eigenvalue weighted by molar-refractivity contribution is 0.230. The van der Waals surface area contributed by atoms with Gasteiger partial charge in [-0.2, -0.15) is 10.2 Å². The Morgan fingerprint density at radius 2 is 1.67 bits per heavy atom. The molecule has 2 nitrogen and oxygen atoms in total. The molecule has 0 unspecified atom stereocenters. The topological polar surface area (TPSA) is 6.48 Å². The predicted molar refractivity (Wildman–Crippen MR) is 59.2 cm³/mol. The van der Waals surface area contributed by atoms with Gasteiger partial charge >= 0.3 is 0 Å². The van der Waals surface area contributed by atoms with Gasteiger partial charge in [0.25, 0.3) is 0 Å². The van der Waals surface area contributed by atoms with Gasteiger partial charge in [-0.3, -0.25) is 4.31 Å². The lowest BCUT2D eigenvalue weighted by atomic mass is 10.4. The molecule has 1 heterocycles. The minimum atomic E-state index is -0.673. The molecule has 1 aliphatic heterocycles. The van der Waals surface area contributed by atoms with Crippen LogP contribution in [0.4, 0.5) is 0 Å². The van der Waals surface area contributed by atoms with Crippen molar-refractivity contribution in [2.24, 2.45) is 0 Å². The number of rotatable bonds is 2. The Bertz CT molecular complexity index is 144. The molecule has 0 aromatic carbocycles. The molecule has 1 aliphatic rings. The summed E-state index contributed by atoms with van der Waals surface area (Å²) in [7, 11) is 1.51. The van der Waals surface area contributed by atoms with Crippen molar-refractivity contribution < 1.29 is 0 Å². The molecule has 0 aromatic rings. The van der Waals surface area contributed by atoms with Crippen molar-refractivity contribution in [1.82, 2.24) is 9.21 Å². The number of nitrogens with zero attached hydrogens (tertiary/aromatic N) is 2. The number of piperazine rings is 1. The van der Waals surface area contributed by atoms with Crippen LogP contribution >= 0.6 is 21.8 Å². The van der Waals surface area contributed by atoms with E-state index in [1.54, 1.807) is 0 Å². The Hall–Kier alpha value is 0.560. The van der Waals surface area contributed by atoms with Crippen molar-refractivity contribution in [1.29, 1.82) is 0 Å². The summed E-state index contributed by atoms with van der Waals surface area (Å²) >= 11 is 5.94. The van der Waals surface area contributed by atoms with Gasteiger partial charge in [0.1, 0.15) is 0 Å². The summed E-state index contributed by atoms with van der Waals surface area (Å²) in [6.45, 7) is 4.75. The maximum absolute atomic E-state index is 5.94. The third kappa shape index (κ3) is 2.52. The fourth-order valence-corrected chi connectivity index (χ4v) is 3.06. The summed E-state index contributed by atoms with van der Waals surface area (Å²) < 4.78 is 2.56. The van der Waals surface area contributed by atoms with E-state index in [4.69, 9.17) is 11.6 Å². The Morgan fingerprint density at radius 1 is 1.17 bits per heavy atom. The first-order chi connectivity index (χ1) is 5.56. The minimum absolute atomic E-state index is 0.673. The first kappa shape index (κ1) is 10.6. The maximum atomic E-state index is 5.94. The monoisotopic (exact) mass is 210 g/mol. The quantitative estimate of drug-likeness (QED) is 0.636. The molecule has 0 aromatic heterocycles. The number of hydrogen-bond acceptors (Lipinski definition) is 2. The zero-order valence-corrected chi connectivity index (χ0v) is 9.79. The van der Waals surface area contributed by atoms with Crippen LogP contribution in [0.2, 0.25) is 0 Å². The molecule has 0 spiro atoms. The molecule has 4 heteroatoms. The molecule has 1 saturated heterocycles. The van der Waals surface area contributed by atoms with Crippen LogP contribution in [0.5, 0.6) is 0 Å². The number of alkyl halides is 1. The standard InChI is InChI=1S/C8H19ClN2S/c1-10-4-6-11(7-5-10)12(2,3)8-9/h4-8H2,1-3H3. The number of likely N-dealkylation sites (N-methyl/N-ethyl adjacent to an activating group) is 1. The second-order valence-electron chi connectivity index (χ2n) is 3.82. The van der Waals surface area contributed by atoms with E-state index >= 15 is 0 Å². The predicted octanol–water partition coefficient (Wildman–Crippen LogP) is 1.41. The molecule has 0 aliphatic carbocycles. The molecule has 0 saturated carbocycles. The van der Waals surface area contributed by atoms with Crippen LogP contribution in [0.15, 0.2) is 0 Å². The summed E-state index contributed by atoms with van der Waals surface area (Å²) in [5.74, 6) is 0. The Labute approximate surface area is 82.3 Å². The van der Waals surface area contributed by atoms with E-state index in [2.05, 4.69) is 28.8 Å². The van der Waals surface area contributed by atoms with Gasteiger partial charge < -0.3 is 4.90 Å². The highest BCUT2D eigenvalue weighted by molar-refractivity contribution is 8.31. The van der Waals surface area contributed by atoms with Crippen LogP contribution < -0.4 is 0 Å². The molecule has 1 rings (SSSR count). The molecule has 0 radical (unpaired) electrons. The van der Waals surface area contributed by atoms with E-state index < -0.39 is 10.2 Å². The highest BCUT2D eigenvalue weighted by Crippen LogP contribution is 2.45. The third-order valence-electron chi connectivity index (χ3n) is 2.43. The molecule has 0 atom stereocenters. The zero-order chi connectivity index (χ0) is 9.19. The van der Waals surface area contributed by atoms with Gasteiger partial charge in [0, 0.05) is 26.2 Å². The smallest absolute Gasteiger partial charge is 0.0634 e. The van der Waals surface area contributed by atoms with Gasteiger partial charge in [0.15, 0.2) is 0 Å². The Kier molecular flexibility index (Phi) is 3.71. The van der Waals surface area contributed by atoms with Gasteiger partial charge in [-0.15, -0.1) is 11.6 Å². The van der Waals surface area contributed by atoms with Gasteiger partial charge in [0.05, 0.1) is 5.21 Å². The molecular weight excluding hydrogens is 192 g/mol. The van der Waals surface area contributed by atoms with Crippen molar-refractivity contribution in [2.45, 2.75) is 0 Å². The largest absolute Gasteiger partial charge is 0.304 e. The second kappa shape index (κ2) is 4.18. The van der Waals surface area contributed by atoms with E-state index in [0.717, 1.165) is 5.21 Å². The molecular formula is C8H19ClN2S. The van der Waals surface area contributed by atoms with E-state index in [9.17, 15) is 0 Å². The summed E-state index contributed by atoms with van der Waals surface area (Å²) in [6.07, 6.45) is 4.59. The summed E-state index contributed by atoms with van der Waals surface area (Å²) in [4.78, 5) is 2.38. The normalized spacial score (nSPS) is 24.3. The number of halogens is 1. The minimum Gasteiger partial charge on any atom is -0.304 e. The average molecular weight is 211 g/mol. The first-order valence-corrected chi connectivity index (χ1v) is 7.38. The molecule has 74 valence electrons. The van der Waals surface area contributed by atoms with Gasteiger partial charge in [-0.25, -0.2) is 0 Å². The summed E-state index contributed by atoms with van der Waals surface area (Å²) in [5.41, 5.74) is 0. The van der Waals surface area contributed by atoms with Gasteiger partial charge in [-0.1, -0.05) is 0 Å². The van der Waals surface area contributed by atoms with Gasteiger partial charge in [-0.05, 0) is 19.6 Å². The van der Waals surface area contributed by atoms with Crippen molar-refractivity contribution in [3.05, 3.63) is 0 Å². The van der Waals surface area contributed by atoms with Crippen LogP contribution in [0, 0.1) is 0 Å². The van der Waals surface area contributed by atoms with Crippen LogP contribution in [0.1, 0.15) is 0 Å². The Morgan fingerprint density at radius 3 is 2.08 bits per heavy atom. The SMILES string of the molecule is CN1CCN(S(C)(C)CCl)CC1. The van der Waals surface area contributed by atoms with Crippen molar-refractivity contribution >= 4 is 21.8 Å². The van der Waals surface area contributed by atoms with Crippen molar-refractivity contribution in [3.8, 4) is 0 Å². The maximum Gasteiger partial charge on any atom is 0.0634 e. The highest BCUT2D eigenvalue weighted by Gasteiger charge is 2.23. The van der Waals surface area contributed by atoms with E-state index in [1.807, 2.05) is 0 Å². The fraction of sp³-hybridized carbons (Fsp3) is 1.00. The van der Waals surface area contributed by atoms with Crippen LogP contribution in [0.25, 0.3) is 0 Å². The highest BCUT2D eigenvalue weighted by atomic mass is 35.5. The van der Waals surface area contributed by atoms with E-state index in [-0.39, 0.29) is 0 Å². The van der Waals surface area contributed by atoms with Crippen LogP contribution in [-0.4, -0.2) is 60.2 Å². The molecule has 12 heavy (non-hydrogen) atoms. The molecule has 1 fully saturated rings. The van der Waals surface area contributed by atoms with E-state index in [1.165, 1.54) is 26.2 Å². The summed E-state index contributed by atoms with van der Waals surface area (Å²) in [6, 6.07) is 0. The summed E-state index contributed by atoms with van der Waals surface area (Å²) in [5, 5.41) is 0.802. The first-order valence-electron chi connectivity index (χ1n) is 4.27. The molecule has 0 amide bonds. The zero-order valence-electron chi connectivity index (χ0n) is 8.22. The lowest BCUT2D eigenvalue weighted by Crippen LogP contribution is -2.45. The fourth-order valence-electron chi connectivity index (χ4n) is 1.35. The third-order valence-corrected chi connectivity index (χ3v) is 6.33. The van der Waals surface area contributed by atoms with Crippen LogP contribution in [-0.2, 0) is 0 Å². The molecule has 0 bridgehead atoms. The van der Waals surface area contributed by atoms with Crippen molar-refractivity contribution in [2.75, 3.05) is 51.0 Å². The number of hydrogen-bond donors (Lipinski definition) is 0. The second-order valence-corrected chi connectivity index (χ2v) is 8.17. The Balaban J connectivity index is 2.44. The lowest BCUT2D eigenvalue weighted by Gasteiger charge is -2.45. The van der Waals surface area contributed by atoms with Crippen molar-refractivity contribution in [3.63, 3.8) is 0 Å². The average Bonchev–Trinajstić information content (AvgIpc) is 2.05. The van der Waals surface area contributed by atoms with Crippen LogP contribution in [0.3, 0.4) is 0 Å². The van der Waals surface area contributed by atoms with E-state index in [0.29, 0.717) is 0 Å². The van der Waals surface area contributed by atoms with Gasteiger partial charge in [0.2, 0.25) is 0 Å².